The molecule has 0 spiro atoms. The molecule has 0 unspecified atom stereocenters. The molecule has 1 aromatic carbocycles. The standard InChI is InChI=1S/C15H17N5O6S2/c1-10-13(27-15(16-10)19-6-8-26-9-7-19)14(21)17-18-28(24,25)12-5-3-2-4-11(12)20(22)23/h2-5,18H,6-9H2,1H3,(H,17,21). The second kappa shape index (κ2) is 8.18. The highest BCUT2D eigenvalue weighted by molar-refractivity contribution is 7.89. The van der Waals surface area contributed by atoms with Gasteiger partial charge in [-0.25, -0.2) is 13.4 Å². The van der Waals surface area contributed by atoms with E-state index in [-0.39, 0.29) is 4.88 Å². The van der Waals surface area contributed by atoms with Gasteiger partial charge < -0.3 is 9.64 Å². The summed E-state index contributed by atoms with van der Waals surface area (Å²) in [4.78, 5) is 30.6. The highest BCUT2D eigenvalue weighted by Gasteiger charge is 2.27. The molecule has 0 aliphatic carbocycles. The number of para-hydroxylation sites is 1. The number of hydrogen-bond donors (Lipinski definition) is 2. The topological polar surface area (TPSA) is 144 Å². The van der Waals surface area contributed by atoms with E-state index in [2.05, 4.69) is 10.4 Å². The Labute approximate surface area is 164 Å². The number of benzene rings is 1. The van der Waals surface area contributed by atoms with Gasteiger partial charge in [-0.05, 0) is 13.0 Å². The first-order valence-corrected chi connectivity index (χ1v) is 10.5. The molecule has 1 saturated heterocycles. The van der Waals surface area contributed by atoms with Crippen molar-refractivity contribution in [2.75, 3.05) is 31.2 Å². The zero-order chi connectivity index (χ0) is 20.3. The third-order valence-corrected chi connectivity index (χ3v) is 6.44. The average Bonchev–Trinajstić information content (AvgIpc) is 3.08. The molecule has 13 heteroatoms. The van der Waals surface area contributed by atoms with Gasteiger partial charge in [0.15, 0.2) is 10.0 Å². The van der Waals surface area contributed by atoms with Gasteiger partial charge in [-0.2, -0.15) is 0 Å². The van der Waals surface area contributed by atoms with Crippen LogP contribution < -0.4 is 15.2 Å². The molecule has 2 aromatic rings. The Morgan fingerprint density at radius 1 is 1.32 bits per heavy atom. The summed E-state index contributed by atoms with van der Waals surface area (Å²) in [6, 6.07) is 4.86. The number of thiazole rings is 1. The van der Waals surface area contributed by atoms with Gasteiger partial charge in [0.25, 0.3) is 21.6 Å². The smallest absolute Gasteiger partial charge is 0.289 e. The zero-order valence-electron chi connectivity index (χ0n) is 14.7. The van der Waals surface area contributed by atoms with Crippen LogP contribution in [0.4, 0.5) is 10.8 Å². The number of morpholine rings is 1. The molecule has 1 aliphatic heterocycles. The van der Waals surface area contributed by atoms with Crippen molar-refractivity contribution in [1.29, 1.82) is 0 Å². The van der Waals surface area contributed by atoms with E-state index < -0.39 is 31.4 Å². The molecule has 2 heterocycles. The molecular weight excluding hydrogens is 410 g/mol. The van der Waals surface area contributed by atoms with E-state index in [1.165, 1.54) is 12.1 Å². The lowest BCUT2D eigenvalue weighted by Crippen LogP contribution is -2.41. The third-order valence-electron chi connectivity index (χ3n) is 3.92. The lowest BCUT2D eigenvalue weighted by atomic mass is 10.3. The van der Waals surface area contributed by atoms with Crippen molar-refractivity contribution in [1.82, 2.24) is 15.2 Å². The Balaban J connectivity index is 1.73. The number of sulfonamides is 1. The summed E-state index contributed by atoms with van der Waals surface area (Å²) in [5.74, 6) is -0.698. The number of hydrazine groups is 1. The number of amides is 1. The van der Waals surface area contributed by atoms with E-state index in [0.29, 0.717) is 37.1 Å². The van der Waals surface area contributed by atoms with E-state index in [1.807, 2.05) is 9.73 Å². The summed E-state index contributed by atoms with van der Waals surface area (Å²) in [6.45, 7) is 4.08. The predicted molar refractivity (Wildman–Crippen MR) is 101 cm³/mol. The van der Waals surface area contributed by atoms with Crippen LogP contribution in [0.3, 0.4) is 0 Å². The van der Waals surface area contributed by atoms with E-state index >= 15 is 0 Å². The predicted octanol–water partition coefficient (Wildman–Crippen LogP) is 0.820. The molecule has 2 N–H and O–H groups in total. The zero-order valence-corrected chi connectivity index (χ0v) is 16.4. The number of rotatable bonds is 6. The Morgan fingerprint density at radius 3 is 2.68 bits per heavy atom. The van der Waals surface area contributed by atoms with Crippen molar-refractivity contribution in [3.63, 3.8) is 0 Å². The van der Waals surface area contributed by atoms with Crippen LogP contribution in [0.5, 0.6) is 0 Å². The second-order valence-electron chi connectivity index (χ2n) is 5.79. The quantitative estimate of drug-likeness (QED) is 0.509. The van der Waals surface area contributed by atoms with Gasteiger partial charge in [0.05, 0.1) is 23.8 Å². The molecule has 11 nitrogen and oxygen atoms in total. The molecule has 3 rings (SSSR count). The number of nitrogens with zero attached hydrogens (tertiary/aromatic N) is 3. The summed E-state index contributed by atoms with van der Waals surface area (Å²) in [6.07, 6.45) is 0. The number of ether oxygens (including phenoxy) is 1. The maximum absolute atomic E-state index is 12.4. The molecule has 1 aliphatic rings. The minimum atomic E-state index is -4.33. The van der Waals surface area contributed by atoms with Crippen molar-refractivity contribution in [2.45, 2.75) is 11.8 Å². The first kappa shape index (κ1) is 20.1. The number of nitro benzene ring substituents is 1. The van der Waals surface area contributed by atoms with Crippen LogP contribution in [0.15, 0.2) is 29.2 Å². The number of aryl methyl sites for hydroxylation is 1. The van der Waals surface area contributed by atoms with Crippen molar-refractivity contribution in [3.8, 4) is 0 Å². The molecule has 150 valence electrons. The number of nitrogens with one attached hydrogen (secondary N) is 2. The van der Waals surface area contributed by atoms with Gasteiger partial charge >= 0.3 is 0 Å². The summed E-state index contributed by atoms with van der Waals surface area (Å²) < 4.78 is 30.0. The third kappa shape index (κ3) is 4.27. The fourth-order valence-electron chi connectivity index (χ4n) is 2.54. The molecule has 0 atom stereocenters. The van der Waals surface area contributed by atoms with Gasteiger partial charge in [0, 0.05) is 19.2 Å². The number of carbonyl (C=O) groups excluding carboxylic acids is 1. The first-order chi connectivity index (χ1) is 13.3. The number of aromatic nitrogens is 1. The lowest BCUT2D eigenvalue weighted by molar-refractivity contribution is -0.387. The maximum Gasteiger partial charge on any atom is 0.289 e. The maximum atomic E-state index is 12.4. The number of hydrogen-bond acceptors (Lipinski definition) is 9. The van der Waals surface area contributed by atoms with E-state index in [0.717, 1.165) is 23.5 Å². The van der Waals surface area contributed by atoms with E-state index in [9.17, 15) is 23.3 Å². The van der Waals surface area contributed by atoms with Crippen LogP contribution in [0, 0.1) is 17.0 Å². The molecule has 0 saturated carbocycles. The number of nitro groups is 1. The highest BCUT2D eigenvalue weighted by Crippen LogP contribution is 2.27. The van der Waals surface area contributed by atoms with E-state index in [4.69, 9.17) is 4.74 Å². The molecule has 0 radical (unpaired) electrons. The molecular formula is C15H17N5O6S2. The van der Waals surface area contributed by atoms with Crippen LogP contribution in [-0.4, -0.2) is 50.5 Å². The Morgan fingerprint density at radius 2 is 2.00 bits per heavy atom. The summed E-state index contributed by atoms with van der Waals surface area (Å²) in [5.41, 5.74) is 1.95. The highest BCUT2D eigenvalue weighted by atomic mass is 32.2. The monoisotopic (exact) mass is 427 g/mol. The molecule has 0 bridgehead atoms. The van der Waals surface area contributed by atoms with Gasteiger partial charge in [-0.15, -0.1) is 4.83 Å². The van der Waals surface area contributed by atoms with Gasteiger partial charge in [0.2, 0.25) is 0 Å². The SMILES string of the molecule is Cc1nc(N2CCOCC2)sc1C(=O)NNS(=O)(=O)c1ccccc1[N+](=O)[O-]. The van der Waals surface area contributed by atoms with Crippen LogP contribution in [0.2, 0.25) is 0 Å². The largest absolute Gasteiger partial charge is 0.378 e. The van der Waals surface area contributed by atoms with Crippen molar-refractivity contribution >= 4 is 38.1 Å². The van der Waals surface area contributed by atoms with Gasteiger partial charge in [-0.1, -0.05) is 23.5 Å². The fourth-order valence-corrected chi connectivity index (χ4v) is 4.57. The minimum Gasteiger partial charge on any atom is -0.378 e. The first-order valence-electron chi connectivity index (χ1n) is 8.15. The lowest BCUT2D eigenvalue weighted by Gasteiger charge is -2.25. The Bertz CT molecular complexity index is 1000. The van der Waals surface area contributed by atoms with E-state index in [1.54, 1.807) is 6.92 Å². The van der Waals surface area contributed by atoms with Crippen LogP contribution in [0.25, 0.3) is 0 Å². The molecule has 1 fully saturated rings. The van der Waals surface area contributed by atoms with Crippen LogP contribution >= 0.6 is 11.3 Å². The summed E-state index contributed by atoms with van der Waals surface area (Å²) in [7, 11) is -4.33. The number of carbonyl (C=O) groups is 1. The molecule has 1 aromatic heterocycles. The fraction of sp³-hybridized carbons (Fsp3) is 0.333. The van der Waals surface area contributed by atoms with Crippen molar-refractivity contribution in [2.24, 2.45) is 0 Å². The normalized spacial score (nSPS) is 14.7. The van der Waals surface area contributed by atoms with Crippen molar-refractivity contribution in [3.05, 3.63) is 45.0 Å². The average molecular weight is 427 g/mol. The molecule has 28 heavy (non-hydrogen) atoms. The Kier molecular flexibility index (Phi) is 5.88. The molecule has 1 amide bonds. The Hall–Kier alpha value is -2.61. The van der Waals surface area contributed by atoms with Crippen LogP contribution in [-0.2, 0) is 14.8 Å². The van der Waals surface area contributed by atoms with Crippen LogP contribution in [0.1, 0.15) is 15.4 Å². The minimum absolute atomic E-state index is 0.242. The summed E-state index contributed by atoms with van der Waals surface area (Å²) >= 11 is 1.13. The second-order valence-corrected chi connectivity index (χ2v) is 8.42. The summed E-state index contributed by atoms with van der Waals surface area (Å²) in [5, 5.41) is 11.7. The van der Waals surface area contributed by atoms with Crippen molar-refractivity contribution < 1.29 is 22.9 Å². The van der Waals surface area contributed by atoms with Gasteiger partial charge in [0.1, 0.15) is 4.88 Å². The number of anilines is 1. The van der Waals surface area contributed by atoms with Gasteiger partial charge in [-0.3, -0.25) is 20.3 Å².